The quantitative estimate of drug-likeness (QED) is 0.548. The summed E-state index contributed by atoms with van der Waals surface area (Å²) in [7, 11) is -3.80. The lowest BCUT2D eigenvalue weighted by atomic mass is 10.1. The molecule has 9 heteroatoms. The van der Waals surface area contributed by atoms with Gasteiger partial charge in [0.2, 0.25) is 0 Å². The smallest absolute Gasteiger partial charge is 0.262 e. The van der Waals surface area contributed by atoms with E-state index in [0.29, 0.717) is 39.0 Å². The first kappa shape index (κ1) is 18.4. The SMILES string of the molecule is Cc1ccc(-c2ccc3nnc(C)n3n2)cc1S(=O)(=O)Nc1cccc(Cl)c1. The van der Waals surface area contributed by atoms with Crippen LogP contribution in [0.4, 0.5) is 5.69 Å². The van der Waals surface area contributed by atoms with Crippen molar-refractivity contribution in [2.75, 3.05) is 4.72 Å². The Balaban J connectivity index is 1.76. The van der Waals surface area contributed by atoms with Crippen molar-refractivity contribution in [3.05, 3.63) is 71.0 Å². The van der Waals surface area contributed by atoms with Crippen LogP contribution in [0.5, 0.6) is 0 Å². The predicted octanol–water partition coefficient (Wildman–Crippen LogP) is 3.86. The van der Waals surface area contributed by atoms with Gasteiger partial charge in [0.25, 0.3) is 10.0 Å². The summed E-state index contributed by atoms with van der Waals surface area (Å²) < 4.78 is 30.1. The molecule has 0 aliphatic heterocycles. The van der Waals surface area contributed by atoms with Gasteiger partial charge >= 0.3 is 0 Å². The number of aromatic nitrogens is 4. The molecule has 2 heterocycles. The summed E-state index contributed by atoms with van der Waals surface area (Å²) in [5.74, 6) is 0.652. The molecule has 142 valence electrons. The Kier molecular flexibility index (Phi) is 4.52. The maximum absolute atomic E-state index is 12.9. The number of fused-ring (bicyclic) bond motifs is 1. The zero-order chi connectivity index (χ0) is 19.9. The largest absolute Gasteiger partial charge is 0.280 e. The maximum atomic E-state index is 12.9. The summed E-state index contributed by atoms with van der Waals surface area (Å²) in [6, 6.07) is 15.3. The number of rotatable bonds is 4. The third-order valence-electron chi connectivity index (χ3n) is 4.27. The second kappa shape index (κ2) is 6.88. The highest BCUT2D eigenvalue weighted by Gasteiger charge is 2.19. The van der Waals surface area contributed by atoms with Crippen LogP contribution < -0.4 is 4.72 Å². The van der Waals surface area contributed by atoms with Crippen molar-refractivity contribution >= 4 is 33.0 Å². The topological polar surface area (TPSA) is 89.2 Å². The highest BCUT2D eigenvalue weighted by atomic mass is 35.5. The van der Waals surface area contributed by atoms with E-state index in [0.717, 1.165) is 0 Å². The highest BCUT2D eigenvalue weighted by Crippen LogP contribution is 2.26. The number of hydrogen-bond donors (Lipinski definition) is 1. The monoisotopic (exact) mass is 413 g/mol. The van der Waals surface area contributed by atoms with Crippen LogP contribution in [0.3, 0.4) is 0 Å². The normalized spacial score (nSPS) is 11.7. The fourth-order valence-electron chi connectivity index (χ4n) is 2.86. The number of nitrogens with zero attached hydrogens (tertiary/aromatic N) is 4. The first-order chi connectivity index (χ1) is 13.3. The van der Waals surface area contributed by atoms with Crippen molar-refractivity contribution < 1.29 is 8.42 Å². The molecule has 0 aliphatic carbocycles. The molecule has 0 fully saturated rings. The maximum Gasteiger partial charge on any atom is 0.262 e. The van der Waals surface area contributed by atoms with E-state index >= 15 is 0 Å². The summed E-state index contributed by atoms with van der Waals surface area (Å²) in [5, 5.41) is 13.0. The van der Waals surface area contributed by atoms with Gasteiger partial charge in [-0.15, -0.1) is 10.2 Å². The number of sulfonamides is 1. The molecule has 4 aromatic rings. The van der Waals surface area contributed by atoms with Gasteiger partial charge in [-0.2, -0.15) is 9.61 Å². The minimum absolute atomic E-state index is 0.173. The number of halogens is 1. The van der Waals surface area contributed by atoms with Gasteiger partial charge in [0.1, 0.15) is 0 Å². The highest BCUT2D eigenvalue weighted by molar-refractivity contribution is 7.92. The van der Waals surface area contributed by atoms with E-state index in [1.54, 1.807) is 66.9 Å². The third-order valence-corrected chi connectivity index (χ3v) is 6.03. The van der Waals surface area contributed by atoms with Gasteiger partial charge in [-0.25, -0.2) is 8.42 Å². The molecule has 0 atom stereocenters. The van der Waals surface area contributed by atoms with Crippen LogP contribution in [0.2, 0.25) is 5.02 Å². The first-order valence-corrected chi connectivity index (χ1v) is 10.3. The molecule has 7 nitrogen and oxygen atoms in total. The van der Waals surface area contributed by atoms with E-state index in [9.17, 15) is 8.42 Å². The molecule has 0 spiro atoms. The van der Waals surface area contributed by atoms with Gasteiger partial charge in [-0.05, 0) is 55.8 Å². The Morgan fingerprint density at radius 3 is 2.61 bits per heavy atom. The van der Waals surface area contributed by atoms with Gasteiger partial charge in [-0.1, -0.05) is 29.8 Å². The number of benzene rings is 2. The van der Waals surface area contributed by atoms with Crippen LogP contribution in [-0.2, 0) is 10.0 Å². The summed E-state index contributed by atoms with van der Waals surface area (Å²) in [6.07, 6.45) is 0. The van der Waals surface area contributed by atoms with Crippen LogP contribution in [0, 0.1) is 13.8 Å². The van der Waals surface area contributed by atoms with E-state index in [1.807, 2.05) is 6.07 Å². The Hall–Kier alpha value is -2.97. The Labute approximate surface area is 167 Å². The number of hydrogen-bond acceptors (Lipinski definition) is 5. The molecule has 0 saturated carbocycles. The van der Waals surface area contributed by atoms with Gasteiger partial charge in [0.05, 0.1) is 16.3 Å². The molecule has 0 bridgehead atoms. The minimum atomic E-state index is -3.80. The lowest BCUT2D eigenvalue weighted by molar-refractivity contribution is 0.600. The number of anilines is 1. The zero-order valence-electron chi connectivity index (χ0n) is 15.1. The molecular formula is C19H16ClN5O2S. The summed E-state index contributed by atoms with van der Waals surface area (Å²) in [4.78, 5) is 0.173. The van der Waals surface area contributed by atoms with Crippen molar-refractivity contribution in [3.63, 3.8) is 0 Å². The molecule has 2 aromatic carbocycles. The van der Waals surface area contributed by atoms with Crippen molar-refractivity contribution in [1.82, 2.24) is 19.8 Å². The zero-order valence-corrected chi connectivity index (χ0v) is 16.7. The minimum Gasteiger partial charge on any atom is -0.280 e. The second-order valence-electron chi connectivity index (χ2n) is 6.33. The lowest BCUT2D eigenvalue weighted by Gasteiger charge is -2.12. The van der Waals surface area contributed by atoms with Crippen LogP contribution in [0.15, 0.2) is 59.5 Å². The van der Waals surface area contributed by atoms with Crippen LogP contribution in [0.1, 0.15) is 11.4 Å². The van der Waals surface area contributed by atoms with Crippen molar-refractivity contribution in [2.45, 2.75) is 18.7 Å². The number of aryl methyl sites for hydroxylation is 2. The van der Waals surface area contributed by atoms with Crippen LogP contribution >= 0.6 is 11.6 Å². The molecule has 28 heavy (non-hydrogen) atoms. The molecule has 2 aromatic heterocycles. The molecule has 0 saturated heterocycles. The fourth-order valence-corrected chi connectivity index (χ4v) is 4.37. The van der Waals surface area contributed by atoms with Crippen LogP contribution in [0.25, 0.3) is 16.9 Å². The lowest BCUT2D eigenvalue weighted by Crippen LogP contribution is -2.14. The molecule has 0 unspecified atom stereocenters. The first-order valence-electron chi connectivity index (χ1n) is 8.42. The Bertz CT molecular complexity index is 1300. The summed E-state index contributed by atoms with van der Waals surface area (Å²) >= 11 is 5.95. The van der Waals surface area contributed by atoms with E-state index in [1.165, 1.54) is 0 Å². The molecular weight excluding hydrogens is 398 g/mol. The molecule has 4 rings (SSSR count). The standard InChI is InChI=1S/C19H16ClN5O2S/c1-12-6-7-14(17-8-9-19-22-21-13(2)25(19)23-17)10-18(12)28(26,27)24-16-5-3-4-15(20)11-16/h3-11,24H,1-2H3. The molecule has 1 N–H and O–H groups in total. The molecule has 0 radical (unpaired) electrons. The van der Waals surface area contributed by atoms with E-state index in [2.05, 4.69) is 20.0 Å². The third kappa shape index (κ3) is 3.44. The Morgan fingerprint density at radius 2 is 1.82 bits per heavy atom. The fraction of sp³-hybridized carbons (Fsp3) is 0.105. The molecule has 0 amide bonds. The van der Waals surface area contributed by atoms with E-state index in [-0.39, 0.29) is 4.90 Å². The van der Waals surface area contributed by atoms with E-state index < -0.39 is 10.0 Å². The predicted molar refractivity (Wildman–Crippen MR) is 108 cm³/mol. The summed E-state index contributed by atoms with van der Waals surface area (Å²) in [5.41, 5.74) is 2.95. The van der Waals surface area contributed by atoms with Gasteiger partial charge in [0.15, 0.2) is 11.5 Å². The van der Waals surface area contributed by atoms with Gasteiger partial charge < -0.3 is 0 Å². The van der Waals surface area contributed by atoms with E-state index in [4.69, 9.17) is 11.6 Å². The van der Waals surface area contributed by atoms with Crippen molar-refractivity contribution in [2.24, 2.45) is 0 Å². The van der Waals surface area contributed by atoms with Crippen LogP contribution in [-0.4, -0.2) is 28.2 Å². The second-order valence-corrected chi connectivity index (χ2v) is 8.42. The van der Waals surface area contributed by atoms with Gasteiger partial charge in [0, 0.05) is 10.6 Å². The van der Waals surface area contributed by atoms with Crippen molar-refractivity contribution in [1.29, 1.82) is 0 Å². The average Bonchev–Trinajstić information content (AvgIpc) is 3.02. The summed E-state index contributed by atoms with van der Waals surface area (Å²) in [6.45, 7) is 3.55. The van der Waals surface area contributed by atoms with Crippen molar-refractivity contribution in [3.8, 4) is 11.3 Å². The average molecular weight is 414 g/mol. The number of nitrogens with one attached hydrogen (secondary N) is 1. The Morgan fingerprint density at radius 1 is 1.00 bits per heavy atom. The van der Waals surface area contributed by atoms with Gasteiger partial charge in [-0.3, -0.25) is 4.72 Å². The molecule has 0 aliphatic rings.